The summed E-state index contributed by atoms with van der Waals surface area (Å²) in [4.78, 5) is 13.9. The first-order valence-corrected chi connectivity index (χ1v) is 5.48. The summed E-state index contributed by atoms with van der Waals surface area (Å²) in [6, 6.07) is 0. The van der Waals surface area contributed by atoms with Crippen LogP contribution in [0, 0.1) is 0 Å². The molecule has 1 aliphatic rings. The summed E-state index contributed by atoms with van der Waals surface area (Å²) in [5.41, 5.74) is 0.401. The number of piperidine rings is 1. The van der Waals surface area contributed by atoms with E-state index < -0.39 is 0 Å². The molecule has 2 heterocycles. The lowest BCUT2D eigenvalue weighted by Gasteiger charge is -2.39. The highest BCUT2D eigenvalue weighted by molar-refractivity contribution is 5.93. The van der Waals surface area contributed by atoms with Crippen LogP contribution in [0.15, 0.2) is 12.4 Å². The van der Waals surface area contributed by atoms with Crippen molar-refractivity contribution in [1.82, 2.24) is 15.1 Å². The van der Waals surface area contributed by atoms with E-state index in [0.29, 0.717) is 12.1 Å². The van der Waals surface area contributed by atoms with E-state index in [1.54, 1.807) is 19.5 Å². The van der Waals surface area contributed by atoms with E-state index in [1.165, 1.54) is 0 Å². The van der Waals surface area contributed by atoms with Crippen LogP contribution in [0.25, 0.3) is 0 Å². The van der Waals surface area contributed by atoms with Crippen LogP contribution in [-0.4, -0.2) is 46.8 Å². The fourth-order valence-electron chi connectivity index (χ4n) is 2.10. The number of rotatable bonds is 2. The third-order valence-electron chi connectivity index (χ3n) is 3.18. The van der Waals surface area contributed by atoms with Gasteiger partial charge in [-0.3, -0.25) is 9.89 Å². The largest absolute Gasteiger partial charge is 0.377 e. The molecular formula is C11H17N3O2. The Labute approximate surface area is 94.8 Å². The van der Waals surface area contributed by atoms with Crippen molar-refractivity contribution in [2.24, 2.45) is 0 Å². The molecular weight excluding hydrogens is 206 g/mol. The Balaban J connectivity index is 2.08. The number of aromatic nitrogens is 2. The number of nitrogens with one attached hydrogen (secondary N) is 1. The Morgan fingerprint density at radius 3 is 3.12 bits per heavy atom. The number of likely N-dealkylation sites (tertiary alicyclic amines) is 1. The summed E-state index contributed by atoms with van der Waals surface area (Å²) in [5.74, 6) is 0.0247. The Morgan fingerprint density at radius 2 is 2.50 bits per heavy atom. The first-order chi connectivity index (χ1) is 7.64. The lowest BCUT2D eigenvalue weighted by atomic mass is 9.94. The van der Waals surface area contributed by atoms with Gasteiger partial charge >= 0.3 is 0 Å². The summed E-state index contributed by atoms with van der Waals surface area (Å²) in [7, 11) is 1.70. The predicted octanol–water partition coefficient (Wildman–Crippen LogP) is 1.05. The minimum atomic E-state index is -0.211. The van der Waals surface area contributed by atoms with Crippen molar-refractivity contribution in [2.45, 2.75) is 25.4 Å². The van der Waals surface area contributed by atoms with Gasteiger partial charge in [0.1, 0.15) is 0 Å². The second-order valence-corrected chi connectivity index (χ2v) is 4.47. The van der Waals surface area contributed by atoms with Crippen molar-refractivity contribution in [3.05, 3.63) is 18.0 Å². The fraction of sp³-hybridized carbons (Fsp3) is 0.636. The number of aromatic amines is 1. The first kappa shape index (κ1) is 11.1. The standard InChI is InChI=1S/C11H17N3O2/c1-11(16-2)4-3-5-14(8-11)10(15)9-6-12-13-7-9/h6-7H,3-5,8H2,1-2H3,(H,12,13). The molecule has 1 unspecified atom stereocenters. The summed E-state index contributed by atoms with van der Waals surface area (Å²) in [6.07, 6.45) is 5.16. The Morgan fingerprint density at radius 1 is 1.69 bits per heavy atom. The van der Waals surface area contributed by atoms with Crippen LogP contribution in [0.5, 0.6) is 0 Å². The van der Waals surface area contributed by atoms with E-state index in [1.807, 2.05) is 11.8 Å². The van der Waals surface area contributed by atoms with Gasteiger partial charge in [0.25, 0.3) is 5.91 Å². The van der Waals surface area contributed by atoms with Crippen molar-refractivity contribution in [3.8, 4) is 0 Å². The molecule has 16 heavy (non-hydrogen) atoms. The lowest BCUT2D eigenvalue weighted by molar-refractivity contribution is -0.0440. The minimum Gasteiger partial charge on any atom is -0.377 e. The molecule has 1 N–H and O–H groups in total. The van der Waals surface area contributed by atoms with Gasteiger partial charge in [-0.15, -0.1) is 0 Å². The number of ether oxygens (including phenoxy) is 1. The highest BCUT2D eigenvalue weighted by Crippen LogP contribution is 2.24. The number of amides is 1. The summed E-state index contributed by atoms with van der Waals surface area (Å²) >= 11 is 0. The molecule has 1 amide bonds. The van der Waals surface area contributed by atoms with Crippen molar-refractivity contribution >= 4 is 5.91 Å². The maximum Gasteiger partial charge on any atom is 0.257 e. The number of methoxy groups -OCH3 is 1. The Kier molecular flexibility index (Phi) is 2.96. The number of hydrogen-bond donors (Lipinski definition) is 1. The molecule has 2 rings (SSSR count). The molecule has 1 aliphatic heterocycles. The molecule has 0 bridgehead atoms. The van der Waals surface area contributed by atoms with E-state index in [9.17, 15) is 4.79 Å². The number of H-pyrrole nitrogens is 1. The number of carbonyl (C=O) groups is 1. The van der Waals surface area contributed by atoms with Crippen LogP contribution in [0.2, 0.25) is 0 Å². The van der Waals surface area contributed by atoms with Gasteiger partial charge in [0.15, 0.2) is 0 Å². The maximum absolute atomic E-state index is 12.1. The van der Waals surface area contributed by atoms with Gasteiger partial charge < -0.3 is 9.64 Å². The van der Waals surface area contributed by atoms with Crippen LogP contribution in [0.4, 0.5) is 0 Å². The molecule has 0 saturated carbocycles. The first-order valence-electron chi connectivity index (χ1n) is 5.48. The molecule has 1 aromatic heterocycles. The smallest absolute Gasteiger partial charge is 0.257 e. The van der Waals surface area contributed by atoms with Crippen LogP contribution < -0.4 is 0 Å². The van der Waals surface area contributed by atoms with Crippen LogP contribution in [0.1, 0.15) is 30.1 Å². The molecule has 5 heteroatoms. The molecule has 1 fully saturated rings. The van der Waals surface area contributed by atoms with Gasteiger partial charge in [-0.05, 0) is 19.8 Å². The van der Waals surface area contributed by atoms with E-state index >= 15 is 0 Å². The van der Waals surface area contributed by atoms with Crippen LogP contribution >= 0.6 is 0 Å². The van der Waals surface area contributed by atoms with E-state index in [-0.39, 0.29) is 11.5 Å². The highest BCUT2D eigenvalue weighted by Gasteiger charge is 2.33. The molecule has 0 radical (unpaired) electrons. The zero-order valence-electron chi connectivity index (χ0n) is 9.69. The van der Waals surface area contributed by atoms with Gasteiger partial charge in [0.2, 0.25) is 0 Å². The molecule has 0 aliphatic carbocycles. The van der Waals surface area contributed by atoms with Crippen LogP contribution in [0.3, 0.4) is 0 Å². The molecule has 0 spiro atoms. The number of hydrogen-bond acceptors (Lipinski definition) is 3. The average molecular weight is 223 g/mol. The molecule has 1 atom stereocenters. The molecule has 0 aromatic carbocycles. The Bertz CT molecular complexity index is 363. The molecule has 88 valence electrons. The van der Waals surface area contributed by atoms with Crippen molar-refractivity contribution in [3.63, 3.8) is 0 Å². The zero-order chi connectivity index (χ0) is 11.6. The van der Waals surface area contributed by atoms with Crippen molar-refractivity contribution in [2.75, 3.05) is 20.2 Å². The van der Waals surface area contributed by atoms with Crippen molar-refractivity contribution < 1.29 is 9.53 Å². The van der Waals surface area contributed by atoms with Gasteiger partial charge in [-0.2, -0.15) is 5.10 Å². The minimum absolute atomic E-state index is 0.0247. The monoisotopic (exact) mass is 223 g/mol. The quantitative estimate of drug-likeness (QED) is 0.815. The van der Waals surface area contributed by atoms with Crippen LogP contribution in [-0.2, 0) is 4.74 Å². The second-order valence-electron chi connectivity index (χ2n) is 4.47. The predicted molar refractivity (Wildman–Crippen MR) is 59.1 cm³/mol. The number of carbonyl (C=O) groups excluding carboxylic acids is 1. The van der Waals surface area contributed by atoms with Gasteiger partial charge in [0, 0.05) is 26.4 Å². The maximum atomic E-state index is 12.1. The third-order valence-corrected chi connectivity index (χ3v) is 3.18. The topological polar surface area (TPSA) is 58.2 Å². The van der Waals surface area contributed by atoms with E-state index in [0.717, 1.165) is 19.4 Å². The fourth-order valence-corrected chi connectivity index (χ4v) is 2.10. The SMILES string of the molecule is COC1(C)CCCN(C(=O)c2cn[nH]c2)C1. The molecule has 1 aromatic rings. The summed E-state index contributed by atoms with van der Waals surface area (Å²) < 4.78 is 5.46. The highest BCUT2D eigenvalue weighted by atomic mass is 16.5. The zero-order valence-corrected chi connectivity index (χ0v) is 9.69. The van der Waals surface area contributed by atoms with Gasteiger partial charge in [-0.1, -0.05) is 0 Å². The van der Waals surface area contributed by atoms with Crippen molar-refractivity contribution in [1.29, 1.82) is 0 Å². The van der Waals surface area contributed by atoms with E-state index in [4.69, 9.17) is 4.74 Å². The third kappa shape index (κ3) is 2.09. The van der Waals surface area contributed by atoms with Gasteiger partial charge in [0.05, 0.1) is 17.4 Å². The summed E-state index contributed by atoms with van der Waals surface area (Å²) in [6.45, 7) is 3.48. The second kappa shape index (κ2) is 4.25. The van der Waals surface area contributed by atoms with E-state index in [2.05, 4.69) is 10.2 Å². The normalized spacial score (nSPS) is 25.8. The number of nitrogens with zero attached hydrogens (tertiary/aromatic N) is 2. The molecule has 5 nitrogen and oxygen atoms in total. The summed E-state index contributed by atoms with van der Waals surface area (Å²) in [5, 5.41) is 6.45. The average Bonchev–Trinajstić information content (AvgIpc) is 2.82. The molecule has 1 saturated heterocycles. The Hall–Kier alpha value is -1.36. The van der Waals surface area contributed by atoms with Gasteiger partial charge in [-0.25, -0.2) is 0 Å². The lowest BCUT2D eigenvalue weighted by Crippen LogP contribution is -2.49.